The van der Waals surface area contributed by atoms with Crippen molar-refractivity contribution in [3.63, 3.8) is 0 Å². The zero-order valence-electron chi connectivity index (χ0n) is 18.8. The van der Waals surface area contributed by atoms with Crippen molar-refractivity contribution in [2.75, 3.05) is 38.8 Å². The second-order valence-electron chi connectivity index (χ2n) is 8.32. The van der Waals surface area contributed by atoms with E-state index in [2.05, 4.69) is 25.0 Å². The molecule has 2 aliphatic heterocycles. The van der Waals surface area contributed by atoms with Gasteiger partial charge in [0, 0.05) is 38.2 Å². The Kier molecular flexibility index (Phi) is 5.80. The second kappa shape index (κ2) is 9.05. The summed E-state index contributed by atoms with van der Waals surface area (Å²) in [6, 6.07) is 5.93. The quantitative estimate of drug-likeness (QED) is 0.582. The number of hydrogen-bond donors (Lipinski definition) is 0. The fraction of sp³-hybridized carbons (Fsp3) is 0.435. The number of aromatic nitrogens is 5. The number of ether oxygens (including phenoxy) is 2. The summed E-state index contributed by atoms with van der Waals surface area (Å²) in [5.74, 6) is 3.22. The summed E-state index contributed by atoms with van der Waals surface area (Å²) in [7, 11) is 3.28. The number of hydrogen-bond acceptors (Lipinski definition) is 8. The molecular formula is C23H27N7O3. The number of fused-ring (bicyclic) bond motifs is 1. The van der Waals surface area contributed by atoms with E-state index in [4.69, 9.17) is 9.47 Å². The third-order valence-electron chi connectivity index (χ3n) is 6.49. The molecule has 2 aromatic heterocycles. The zero-order valence-corrected chi connectivity index (χ0v) is 18.8. The van der Waals surface area contributed by atoms with E-state index in [1.54, 1.807) is 25.2 Å². The lowest BCUT2D eigenvalue weighted by Crippen LogP contribution is -2.44. The van der Waals surface area contributed by atoms with E-state index in [1.165, 1.54) is 18.2 Å². The molecule has 0 bridgehead atoms. The van der Waals surface area contributed by atoms with Crippen molar-refractivity contribution in [2.45, 2.75) is 25.8 Å². The number of amides is 1. The molecule has 3 aromatic rings. The summed E-state index contributed by atoms with van der Waals surface area (Å²) < 4.78 is 12.5. The van der Waals surface area contributed by atoms with E-state index in [-0.39, 0.29) is 11.8 Å². The summed E-state index contributed by atoms with van der Waals surface area (Å²) in [5, 5.41) is 4.13. The van der Waals surface area contributed by atoms with Crippen molar-refractivity contribution in [1.82, 2.24) is 29.6 Å². The number of methoxy groups -OCH3 is 2. The smallest absolute Gasteiger partial charge is 0.226 e. The molecule has 0 spiro atoms. The zero-order chi connectivity index (χ0) is 22.8. The normalized spacial score (nSPS) is 16.4. The Morgan fingerprint density at radius 3 is 2.36 bits per heavy atom. The van der Waals surface area contributed by atoms with Gasteiger partial charge in [-0.2, -0.15) is 5.10 Å². The van der Waals surface area contributed by atoms with Crippen molar-refractivity contribution < 1.29 is 14.3 Å². The molecule has 10 nitrogen and oxygen atoms in total. The fourth-order valence-electron chi connectivity index (χ4n) is 4.65. The van der Waals surface area contributed by atoms with Gasteiger partial charge in [0.05, 0.1) is 14.2 Å². The molecule has 172 valence electrons. The third-order valence-corrected chi connectivity index (χ3v) is 6.49. The topological polar surface area (TPSA) is 98.5 Å². The van der Waals surface area contributed by atoms with Crippen LogP contribution >= 0.6 is 0 Å². The van der Waals surface area contributed by atoms with Crippen molar-refractivity contribution >= 4 is 11.7 Å². The van der Waals surface area contributed by atoms with Gasteiger partial charge >= 0.3 is 0 Å². The molecule has 1 saturated heterocycles. The van der Waals surface area contributed by atoms with E-state index < -0.39 is 0 Å². The van der Waals surface area contributed by atoms with E-state index in [0.717, 1.165) is 56.0 Å². The van der Waals surface area contributed by atoms with Crippen LogP contribution < -0.4 is 14.4 Å². The van der Waals surface area contributed by atoms with Crippen LogP contribution in [0.3, 0.4) is 0 Å². The first-order valence-electron chi connectivity index (χ1n) is 11.1. The maximum atomic E-state index is 13.3. The molecule has 0 saturated carbocycles. The molecule has 0 unspecified atom stereocenters. The molecule has 1 amide bonds. The summed E-state index contributed by atoms with van der Waals surface area (Å²) in [5.41, 5.74) is 2.35. The molecule has 5 rings (SSSR count). The van der Waals surface area contributed by atoms with Gasteiger partial charge in [0.25, 0.3) is 0 Å². The Balaban J connectivity index is 1.22. The summed E-state index contributed by atoms with van der Waals surface area (Å²) in [6.07, 6.45) is 7.06. The molecule has 2 aliphatic rings. The first kappa shape index (κ1) is 21.2. The molecular weight excluding hydrogens is 422 g/mol. The highest BCUT2D eigenvalue weighted by atomic mass is 16.5. The summed E-state index contributed by atoms with van der Waals surface area (Å²) in [4.78, 5) is 30.2. The molecule has 1 fully saturated rings. The van der Waals surface area contributed by atoms with Crippen LogP contribution in [-0.4, -0.2) is 69.4 Å². The van der Waals surface area contributed by atoms with Gasteiger partial charge in [0.15, 0.2) is 17.3 Å². The highest BCUT2D eigenvalue weighted by Crippen LogP contribution is 2.34. The van der Waals surface area contributed by atoms with Gasteiger partial charge in [-0.3, -0.25) is 4.79 Å². The molecule has 1 aromatic carbocycles. The van der Waals surface area contributed by atoms with Crippen molar-refractivity contribution in [3.05, 3.63) is 48.3 Å². The monoisotopic (exact) mass is 449 g/mol. The number of rotatable bonds is 5. The average molecular weight is 450 g/mol. The van der Waals surface area contributed by atoms with Crippen LogP contribution in [-0.2, 0) is 17.8 Å². The molecule has 0 N–H and O–H groups in total. The van der Waals surface area contributed by atoms with Crippen LogP contribution in [0.5, 0.6) is 11.5 Å². The summed E-state index contributed by atoms with van der Waals surface area (Å²) >= 11 is 0. The van der Waals surface area contributed by atoms with Gasteiger partial charge in [-0.15, -0.1) is 0 Å². The Hall–Kier alpha value is -3.69. The third kappa shape index (κ3) is 4.20. The number of piperidine rings is 1. The first-order valence-corrected chi connectivity index (χ1v) is 11.1. The van der Waals surface area contributed by atoms with Crippen molar-refractivity contribution in [1.29, 1.82) is 0 Å². The van der Waals surface area contributed by atoms with Gasteiger partial charge in [0.1, 0.15) is 24.8 Å². The molecule has 0 atom stereocenters. The van der Waals surface area contributed by atoms with Crippen LogP contribution in [0.2, 0.25) is 0 Å². The van der Waals surface area contributed by atoms with Crippen molar-refractivity contribution in [2.24, 2.45) is 5.92 Å². The van der Waals surface area contributed by atoms with Crippen LogP contribution in [0.4, 0.5) is 5.82 Å². The van der Waals surface area contributed by atoms with E-state index in [9.17, 15) is 4.79 Å². The molecule has 10 heteroatoms. The minimum atomic E-state index is 0.0274. The predicted octanol–water partition coefficient (Wildman–Crippen LogP) is 1.88. The van der Waals surface area contributed by atoms with Gasteiger partial charge in [-0.05, 0) is 42.5 Å². The number of carbonyl (C=O) groups excluding carboxylic acids is 1. The molecule has 0 aliphatic carbocycles. The lowest BCUT2D eigenvalue weighted by Gasteiger charge is -2.36. The fourth-order valence-corrected chi connectivity index (χ4v) is 4.65. The number of carbonyl (C=O) groups is 1. The average Bonchev–Trinajstić information content (AvgIpc) is 3.42. The van der Waals surface area contributed by atoms with Gasteiger partial charge in [0.2, 0.25) is 5.91 Å². The van der Waals surface area contributed by atoms with E-state index in [0.29, 0.717) is 18.1 Å². The molecule has 0 radical (unpaired) electrons. The number of nitrogens with zero attached hydrogens (tertiary/aromatic N) is 7. The highest BCUT2D eigenvalue weighted by molar-refractivity contribution is 5.79. The molecule has 4 heterocycles. The predicted molar refractivity (Wildman–Crippen MR) is 121 cm³/mol. The minimum absolute atomic E-state index is 0.0274. The molecule has 33 heavy (non-hydrogen) atoms. The van der Waals surface area contributed by atoms with Gasteiger partial charge in [-0.25, -0.2) is 19.6 Å². The summed E-state index contributed by atoms with van der Waals surface area (Å²) in [6.45, 7) is 2.90. The lowest BCUT2D eigenvalue weighted by molar-refractivity contribution is -0.137. The first-order chi connectivity index (χ1) is 16.2. The van der Waals surface area contributed by atoms with Crippen LogP contribution in [0.25, 0.3) is 5.82 Å². The van der Waals surface area contributed by atoms with E-state index in [1.807, 2.05) is 23.1 Å². The standard InChI is InChI=1S/C23H27N7O3/c1-32-19-9-17-5-8-29(12-18(17)10-20(19)33-2)23(31)16-3-6-28(7-4-16)21-11-22(26-14-25-21)30-15-24-13-27-30/h9-11,13-16H,3-8,12H2,1-2H3. The Morgan fingerprint density at radius 2 is 1.67 bits per heavy atom. The van der Waals surface area contributed by atoms with Gasteiger partial charge in [-0.1, -0.05) is 0 Å². The van der Waals surface area contributed by atoms with Crippen LogP contribution in [0, 0.1) is 5.92 Å². The van der Waals surface area contributed by atoms with Crippen LogP contribution in [0.1, 0.15) is 24.0 Å². The number of anilines is 1. The van der Waals surface area contributed by atoms with E-state index >= 15 is 0 Å². The lowest BCUT2D eigenvalue weighted by atomic mass is 9.92. The van der Waals surface area contributed by atoms with Gasteiger partial charge < -0.3 is 19.3 Å². The Labute approximate surface area is 192 Å². The maximum absolute atomic E-state index is 13.3. The highest BCUT2D eigenvalue weighted by Gasteiger charge is 2.31. The Morgan fingerprint density at radius 1 is 0.939 bits per heavy atom. The second-order valence-corrected chi connectivity index (χ2v) is 8.32. The SMILES string of the molecule is COc1cc2c(cc1OC)CN(C(=O)C1CCN(c3cc(-n4cncn4)ncn3)CC1)CC2. The number of benzene rings is 1. The maximum Gasteiger partial charge on any atom is 0.226 e. The Bertz CT molecular complexity index is 1130. The van der Waals surface area contributed by atoms with Crippen LogP contribution in [0.15, 0.2) is 37.2 Å². The minimum Gasteiger partial charge on any atom is -0.493 e. The largest absolute Gasteiger partial charge is 0.493 e. The van der Waals surface area contributed by atoms with Crippen molar-refractivity contribution in [3.8, 4) is 17.3 Å².